The van der Waals surface area contributed by atoms with Crippen LogP contribution < -0.4 is 5.46 Å². The van der Waals surface area contributed by atoms with Crippen LogP contribution in [0.15, 0.2) is 29.4 Å². The number of nitrogens with zero attached hydrogens (tertiary/aromatic N) is 4. The first kappa shape index (κ1) is 12.6. The number of benzene rings is 1. The van der Waals surface area contributed by atoms with Crippen molar-refractivity contribution in [3.63, 3.8) is 0 Å². The van der Waals surface area contributed by atoms with Crippen molar-refractivity contribution in [3.8, 4) is 0 Å². The van der Waals surface area contributed by atoms with E-state index < -0.39 is 7.12 Å². The van der Waals surface area contributed by atoms with E-state index in [4.69, 9.17) is 0 Å². The Labute approximate surface area is 115 Å². The largest absolute Gasteiger partial charge is 0.488 e. The molecule has 1 aliphatic carbocycles. The molecule has 0 aliphatic heterocycles. The molecule has 0 amide bonds. The highest BCUT2D eigenvalue weighted by Crippen LogP contribution is 2.36. The van der Waals surface area contributed by atoms with Crippen LogP contribution in [-0.2, 0) is 5.75 Å². The number of hydrogen-bond donors (Lipinski definition) is 2. The summed E-state index contributed by atoms with van der Waals surface area (Å²) < 4.78 is 1.85. The van der Waals surface area contributed by atoms with Crippen molar-refractivity contribution in [1.29, 1.82) is 0 Å². The van der Waals surface area contributed by atoms with E-state index in [2.05, 4.69) is 15.5 Å². The SMILES string of the molecule is OB(O)c1ccccc1CSc1nnnn1C1CC1. The zero-order chi connectivity index (χ0) is 13.2. The lowest BCUT2D eigenvalue weighted by Crippen LogP contribution is -2.32. The average Bonchev–Trinajstić information content (AvgIpc) is 3.15. The Kier molecular flexibility index (Phi) is 3.54. The molecule has 2 N–H and O–H groups in total. The summed E-state index contributed by atoms with van der Waals surface area (Å²) in [7, 11) is -1.45. The summed E-state index contributed by atoms with van der Waals surface area (Å²) in [5.74, 6) is 0.612. The first-order chi connectivity index (χ1) is 9.25. The molecule has 0 radical (unpaired) electrons. The maximum absolute atomic E-state index is 9.32. The molecule has 8 heteroatoms. The molecule has 0 saturated heterocycles. The summed E-state index contributed by atoms with van der Waals surface area (Å²) in [5, 5.41) is 31.1. The van der Waals surface area contributed by atoms with Gasteiger partial charge in [0.25, 0.3) is 0 Å². The van der Waals surface area contributed by atoms with Crippen molar-refractivity contribution in [2.45, 2.75) is 29.8 Å². The fourth-order valence-electron chi connectivity index (χ4n) is 1.89. The summed E-state index contributed by atoms with van der Waals surface area (Å²) in [5.41, 5.74) is 1.41. The second-order valence-electron chi connectivity index (χ2n) is 4.50. The van der Waals surface area contributed by atoms with Crippen molar-refractivity contribution in [1.82, 2.24) is 20.2 Å². The Balaban J connectivity index is 1.73. The fraction of sp³-hybridized carbons (Fsp3) is 0.364. The zero-order valence-electron chi connectivity index (χ0n) is 10.2. The fourth-order valence-corrected chi connectivity index (χ4v) is 2.85. The third-order valence-corrected chi connectivity index (χ3v) is 4.03. The van der Waals surface area contributed by atoms with Gasteiger partial charge in [0.05, 0.1) is 6.04 Å². The minimum Gasteiger partial charge on any atom is -0.423 e. The number of aromatic nitrogens is 4. The highest BCUT2D eigenvalue weighted by Gasteiger charge is 2.28. The van der Waals surface area contributed by atoms with Gasteiger partial charge in [-0.2, -0.15) is 0 Å². The highest BCUT2D eigenvalue weighted by atomic mass is 32.2. The van der Waals surface area contributed by atoms with Gasteiger partial charge in [-0.1, -0.05) is 36.0 Å². The molecule has 3 rings (SSSR count). The van der Waals surface area contributed by atoms with Gasteiger partial charge < -0.3 is 10.0 Å². The number of tetrazole rings is 1. The Morgan fingerprint density at radius 1 is 1.32 bits per heavy atom. The van der Waals surface area contributed by atoms with E-state index in [-0.39, 0.29) is 0 Å². The molecule has 1 aromatic carbocycles. The van der Waals surface area contributed by atoms with Gasteiger partial charge in [-0.15, -0.1) is 5.10 Å². The van der Waals surface area contributed by atoms with E-state index in [0.29, 0.717) is 17.3 Å². The highest BCUT2D eigenvalue weighted by molar-refractivity contribution is 7.98. The van der Waals surface area contributed by atoms with Gasteiger partial charge in [-0.25, -0.2) is 4.68 Å². The Hall–Kier alpha value is -1.38. The molecule has 98 valence electrons. The number of rotatable bonds is 5. The third-order valence-electron chi connectivity index (χ3n) is 3.05. The van der Waals surface area contributed by atoms with Gasteiger partial charge in [0.2, 0.25) is 5.16 Å². The predicted molar refractivity (Wildman–Crippen MR) is 71.9 cm³/mol. The van der Waals surface area contributed by atoms with Crippen LogP contribution >= 0.6 is 11.8 Å². The molecule has 1 aliphatic rings. The first-order valence-electron chi connectivity index (χ1n) is 6.10. The lowest BCUT2D eigenvalue weighted by molar-refractivity contribution is 0.425. The molecule has 0 spiro atoms. The maximum atomic E-state index is 9.32. The summed E-state index contributed by atoms with van der Waals surface area (Å²) in [4.78, 5) is 0. The normalized spacial score (nSPS) is 14.6. The number of thioether (sulfide) groups is 1. The quantitative estimate of drug-likeness (QED) is 0.590. The van der Waals surface area contributed by atoms with E-state index in [1.54, 1.807) is 12.1 Å². The molecule has 19 heavy (non-hydrogen) atoms. The standard InChI is InChI=1S/C11H13BN4O2S/c17-12(18)10-4-2-1-3-8(10)7-19-11-13-14-15-16(11)9-5-6-9/h1-4,9,17-18H,5-7H2. The molecule has 0 unspecified atom stereocenters. The zero-order valence-corrected chi connectivity index (χ0v) is 11.0. The van der Waals surface area contributed by atoms with Crippen LogP contribution in [0.25, 0.3) is 0 Å². The van der Waals surface area contributed by atoms with Crippen LogP contribution in [-0.4, -0.2) is 37.4 Å². The molecule has 1 saturated carbocycles. The van der Waals surface area contributed by atoms with Crippen LogP contribution in [0.4, 0.5) is 0 Å². The van der Waals surface area contributed by atoms with Crippen molar-refractivity contribution < 1.29 is 10.0 Å². The second kappa shape index (κ2) is 5.32. The molecule has 0 atom stereocenters. The van der Waals surface area contributed by atoms with E-state index in [1.807, 2.05) is 16.8 Å². The third kappa shape index (κ3) is 2.80. The lowest BCUT2D eigenvalue weighted by Gasteiger charge is -2.08. The molecular weight excluding hydrogens is 263 g/mol. The first-order valence-corrected chi connectivity index (χ1v) is 7.09. The van der Waals surface area contributed by atoms with Crippen molar-refractivity contribution in [2.24, 2.45) is 0 Å². The van der Waals surface area contributed by atoms with Crippen LogP contribution in [0.1, 0.15) is 24.4 Å². The minimum absolute atomic E-state index is 0.441. The maximum Gasteiger partial charge on any atom is 0.488 e. The van der Waals surface area contributed by atoms with Gasteiger partial charge in [0.15, 0.2) is 0 Å². The smallest absolute Gasteiger partial charge is 0.423 e. The van der Waals surface area contributed by atoms with E-state index in [1.165, 1.54) is 11.8 Å². The second-order valence-corrected chi connectivity index (χ2v) is 5.44. The van der Waals surface area contributed by atoms with Crippen molar-refractivity contribution in [2.75, 3.05) is 0 Å². The number of hydrogen-bond acceptors (Lipinski definition) is 6. The average molecular weight is 276 g/mol. The van der Waals surface area contributed by atoms with Crippen LogP contribution in [0.2, 0.25) is 0 Å². The van der Waals surface area contributed by atoms with Crippen LogP contribution in [0, 0.1) is 0 Å². The monoisotopic (exact) mass is 276 g/mol. The van der Waals surface area contributed by atoms with Crippen molar-refractivity contribution >= 4 is 24.3 Å². The summed E-state index contributed by atoms with van der Waals surface area (Å²) in [6, 6.07) is 7.71. The molecule has 1 aromatic heterocycles. The molecular formula is C11H13BN4O2S. The predicted octanol–water partition coefficient (Wildman–Crippen LogP) is -0.0199. The molecule has 0 bridgehead atoms. The van der Waals surface area contributed by atoms with E-state index in [9.17, 15) is 10.0 Å². The molecule has 1 fully saturated rings. The van der Waals surface area contributed by atoms with E-state index in [0.717, 1.165) is 23.6 Å². The molecule has 1 heterocycles. The van der Waals surface area contributed by atoms with Crippen LogP contribution in [0.5, 0.6) is 0 Å². The summed E-state index contributed by atoms with van der Waals surface area (Å²) in [6.45, 7) is 0. The van der Waals surface area contributed by atoms with Gasteiger partial charge >= 0.3 is 7.12 Å². The lowest BCUT2D eigenvalue weighted by atomic mass is 9.77. The summed E-state index contributed by atoms with van der Waals surface area (Å²) >= 11 is 1.51. The Morgan fingerprint density at radius 2 is 2.11 bits per heavy atom. The van der Waals surface area contributed by atoms with Crippen molar-refractivity contribution in [3.05, 3.63) is 29.8 Å². The minimum atomic E-state index is -1.45. The van der Waals surface area contributed by atoms with Gasteiger partial charge in [0.1, 0.15) is 0 Å². The van der Waals surface area contributed by atoms with Gasteiger partial charge in [0, 0.05) is 5.75 Å². The molecule has 6 nitrogen and oxygen atoms in total. The van der Waals surface area contributed by atoms with E-state index >= 15 is 0 Å². The molecule has 2 aromatic rings. The topological polar surface area (TPSA) is 84.1 Å². The summed E-state index contributed by atoms with van der Waals surface area (Å²) in [6.07, 6.45) is 2.26. The van der Waals surface area contributed by atoms with Gasteiger partial charge in [-0.05, 0) is 34.3 Å². The Morgan fingerprint density at radius 3 is 2.84 bits per heavy atom. The Bertz CT molecular complexity index is 573. The van der Waals surface area contributed by atoms with Crippen LogP contribution in [0.3, 0.4) is 0 Å². The van der Waals surface area contributed by atoms with Gasteiger partial charge in [-0.3, -0.25) is 0 Å².